The highest BCUT2D eigenvalue weighted by Gasteiger charge is 2.33. The third-order valence-electron chi connectivity index (χ3n) is 6.56. The van der Waals surface area contributed by atoms with Crippen molar-refractivity contribution in [2.24, 2.45) is 0 Å². The number of benzene rings is 2. The number of ether oxygens (including phenoxy) is 2. The molecule has 38 heavy (non-hydrogen) atoms. The molecule has 1 atom stereocenters. The van der Waals surface area contributed by atoms with Crippen LogP contribution in [0, 0.1) is 11.6 Å². The van der Waals surface area contributed by atoms with E-state index in [0.29, 0.717) is 5.52 Å². The SMILES string of the molecule is CCOC(=O)c1cn(C2CC2)c2cc(-c3ccc(N4CC(CNC(C)=O)OC4=O)cc3F)c(F)cc2c1=O. The summed E-state index contributed by atoms with van der Waals surface area (Å²) in [6.07, 6.45) is 1.80. The summed E-state index contributed by atoms with van der Waals surface area (Å²) in [4.78, 5) is 50.0. The van der Waals surface area contributed by atoms with Crippen molar-refractivity contribution in [3.05, 3.63) is 63.9 Å². The molecular weight excluding hydrogens is 500 g/mol. The van der Waals surface area contributed by atoms with Crippen molar-refractivity contribution < 1.29 is 32.6 Å². The molecule has 0 spiro atoms. The van der Waals surface area contributed by atoms with Crippen LogP contribution in [0.15, 0.2) is 41.3 Å². The number of carbonyl (C=O) groups excluding carboxylic acids is 3. The minimum atomic E-state index is -0.833. The van der Waals surface area contributed by atoms with Gasteiger partial charge in [0.05, 0.1) is 30.9 Å². The Bertz CT molecular complexity index is 1530. The average Bonchev–Trinajstić information content (AvgIpc) is 3.65. The highest BCUT2D eigenvalue weighted by molar-refractivity contribution is 5.95. The Kier molecular flexibility index (Phi) is 6.60. The predicted octanol–water partition coefficient (Wildman–Crippen LogP) is 3.92. The van der Waals surface area contributed by atoms with Crippen LogP contribution in [0.3, 0.4) is 0 Å². The number of cyclic esters (lactones) is 1. The lowest BCUT2D eigenvalue weighted by atomic mass is 10.0. The van der Waals surface area contributed by atoms with Crippen molar-refractivity contribution in [1.29, 1.82) is 0 Å². The number of aromatic nitrogens is 1. The number of fused-ring (bicyclic) bond motifs is 1. The van der Waals surface area contributed by atoms with Crippen LogP contribution in [-0.4, -0.2) is 48.3 Å². The molecule has 2 aromatic carbocycles. The number of hydrogen-bond acceptors (Lipinski definition) is 6. The van der Waals surface area contributed by atoms with Gasteiger partial charge in [-0.1, -0.05) is 0 Å². The van der Waals surface area contributed by atoms with Crippen LogP contribution in [0.5, 0.6) is 0 Å². The van der Waals surface area contributed by atoms with Gasteiger partial charge in [0.1, 0.15) is 23.3 Å². The average molecular weight is 526 g/mol. The van der Waals surface area contributed by atoms with Gasteiger partial charge in [-0.05, 0) is 50.1 Å². The van der Waals surface area contributed by atoms with Crippen LogP contribution in [-0.2, 0) is 14.3 Å². The van der Waals surface area contributed by atoms with E-state index in [1.165, 1.54) is 36.2 Å². The second kappa shape index (κ2) is 9.88. The van der Waals surface area contributed by atoms with Gasteiger partial charge in [-0.2, -0.15) is 0 Å². The molecule has 1 saturated carbocycles. The van der Waals surface area contributed by atoms with Crippen molar-refractivity contribution in [3.8, 4) is 11.1 Å². The van der Waals surface area contributed by atoms with Crippen LogP contribution < -0.4 is 15.6 Å². The summed E-state index contributed by atoms with van der Waals surface area (Å²) < 4.78 is 42.6. The molecule has 2 heterocycles. The molecule has 2 fully saturated rings. The van der Waals surface area contributed by atoms with Gasteiger partial charge >= 0.3 is 12.1 Å². The molecule has 2 aliphatic rings. The van der Waals surface area contributed by atoms with E-state index in [-0.39, 0.29) is 59.4 Å². The standard InChI is InChI=1S/C27H25F2N3O6/c1-3-37-26(35)21-13-31(15-4-5-15)24-10-19(23(29)9-20(24)25(21)34)18-7-6-16(8-22(18)28)32-12-17(38-27(32)36)11-30-14(2)33/h6-10,13,15,17H,3-5,11-12H2,1-2H3,(H,30,33). The second-order valence-corrected chi connectivity index (χ2v) is 9.30. The van der Waals surface area contributed by atoms with Crippen LogP contribution in [0.1, 0.15) is 43.1 Å². The first kappa shape index (κ1) is 25.4. The number of halogens is 2. The van der Waals surface area contributed by atoms with Crippen LogP contribution in [0.4, 0.5) is 19.3 Å². The fraction of sp³-hybridized carbons (Fsp3) is 0.333. The Hall–Kier alpha value is -4.28. The van der Waals surface area contributed by atoms with Gasteiger partial charge in [0.15, 0.2) is 0 Å². The quantitative estimate of drug-likeness (QED) is 0.469. The molecule has 1 saturated heterocycles. The molecule has 1 aromatic heterocycles. The third-order valence-corrected chi connectivity index (χ3v) is 6.56. The maximum Gasteiger partial charge on any atom is 0.414 e. The lowest BCUT2D eigenvalue weighted by Gasteiger charge is -2.16. The Labute approximate surface area is 215 Å². The highest BCUT2D eigenvalue weighted by atomic mass is 19.1. The van der Waals surface area contributed by atoms with E-state index in [1.54, 1.807) is 11.5 Å². The molecule has 1 aliphatic heterocycles. The van der Waals surface area contributed by atoms with E-state index >= 15 is 8.78 Å². The van der Waals surface area contributed by atoms with Gasteiger partial charge in [-0.25, -0.2) is 18.4 Å². The summed E-state index contributed by atoms with van der Waals surface area (Å²) in [5.74, 6) is -2.65. The zero-order valence-electron chi connectivity index (χ0n) is 20.8. The highest BCUT2D eigenvalue weighted by Crippen LogP contribution is 2.39. The number of hydrogen-bond donors (Lipinski definition) is 1. The maximum absolute atomic E-state index is 15.3. The van der Waals surface area contributed by atoms with Gasteiger partial charge in [0, 0.05) is 35.7 Å². The molecule has 2 amide bonds. The van der Waals surface area contributed by atoms with Gasteiger partial charge in [-0.15, -0.1) is 0 Å². The largest absolute Gasteiger partial charge is 0.462 e. The molecule has 9 nitrogen and oxygen atoms in total. The number of pyridine rings is 1. The van der Waals surface area contributed by atoms with E-state index in [1.807, 2.05) is 0 Å². The molecule has 1 N–H and O–H groups in total. The van der Waals surface area contributed by atoms with Crippen molar-refractivity contribution in [1.82, 2.24) is 9.88 Å². The Morgan fingerprint density at radius 3 is 2.50 bits per heavy atom. The van der Waals surface area contributed by atoms with E-state index in [0.717, 1.165) is 25.0 Å². The lowest BCUT2D eigenvalue weighted by molar-refractivity contribution is -0.119. The fourth-order valence-corrected chi connectivity index (χ4v) is 4.57. The van der Waals surface area contributed by atoms with Crippen LogP contribution >= 0.6 is 0 Å². The summed E-state index contributed by atoms with van der Waals surface area (Å²) in [6.45, 7) is 3.30. The number of anilines is 1. The van der Waals surface area contributed by atoms with Gasteiger partial charge in [0.2, 0.25) is 11.3 Å². The van der Waals surface area contributed by atoms with Crippen LogP contribution in [0.25, 0.3) is 22.0 Å². The molecule has 1 unspecified atom stereocenters. The molecule has 3 aromatic rings. The summed E-state index contributed by atoms with van der Waals surface area (Å²) in [5, 5.41) is 2.58. The minimum Gasteiger partial charge on any atom is -0.462 e. The number of esters is 1. The molecule has 0 bridgehead atoms. The Morgan fingerprint density at radius 2 is 1.84 bits per heavy atom. The Balaban J connectivity index is 1.51. The van der Waals surface area contributed by atoms with Crippen molar-refractivity contribution >= 4 is 34.6 Å². The zero-order chi connectivity index (χ0) is 27.1. The predicted molar refractivity (Wildman–Crippen MR) is 134 cm³/mol. The third kappa shape index (κ3) is 4.71. The lowest BCUT2D eigenvalue weighted by Crippen LogP contribution is -2.33. The summed E-state index contributed by atoms with van der Waals surface area (Å²) in [5.41, 5.74) is -0.348. The Morgan fingerprint density at radius 1 is 1.11 bits per heavy atom. The van der Waals surface area contributed by atoms with Crippen LogP contribution in [0.2, 0.25) is 0 Å². The molecule has 0 radical (unpaired) electrons. The monoisotopic (exact) mass is 525 g/mol. The molecule has 11 heteroatoms. The number of amides is 2. The van der Waals surface area contributed by atoms with Crippen molar-refractivity contribution in [2.45, 2.75) is 38.8 Å². The maximum atomic E-state index is 15.3. The zero-order valence-corrected chi connectivity index (χ0v) is 20.8. The first-order valence-electron chi connectivity index (χ1n) is 12.3. The number of carbonyl (C=O) groups is 3. The van der Waals surface area contributed by atoms with E-state index in [4.69, 9.17) is 9.47 Å². The van der Waals surface area contributed by atoms with E-state index in [2.05, 4.69) is 5.32 Å². The van der Waals surface area contributed by atoms with Crippen molar-refractivity contribution in [2.75, 3.05) is 24.6 Å². The van der Waals surface area contributed by atoms with Gasteiger partial charge in [0.25, 0.3) is 0 Å². The molecule has 5 rings (SSSR count). The number of rotatable bonds is 7. The fourth-order valence-electron chi connectivity index (χ4n) is 4.57. The van der Waals surface area contributed by atoms with Gasteiger partial charge < -0.3 is 19.4 Å². The minimum absolute atomic E-state index is 0.00533. The second-order valence-electron chi connectivity index (χ2n) is 9.30. The van der Waals surface area contributed by atoms with E-state index < -0.39 is 35.2 Å². The topological polar surface area (TPSA) is 107 Å². The van der Waals surface area contributed by atoms with Crippen molar-refractivity contribution in [3.63, 3.8) is 0 Å². The smallest absolute Gasteiger partial charge is 0.414 e. The summed E-state index contributed by atoms with van der Waals surface area (Å²) in [6, 6.07) is 6.40. The molecule has 1 aliphatic carbocycles. The molecule has 198 valence electrons. The summed E-state index contributed by atoms with van der Waals surface area (Å²) in [7, 11) is 0. The first-order chi connectivity index (χ1) is 18.2. The number of nitrogens with one attached hydrogen (secondary N) is 1. The first-order valence-corrected chi connectivity index (χ1v) is 12.3. The normalized spacial score (nSPS) is 17.0. The van der Waals surface area contributed by atoms with Gasteiger partial charge in [-0.3, -0.25) is 14.5 Å². The van der Waals surface area contributed by atoms with E-state index in [9.17, 15) is 19.2 Å². The summed E-state index contributed by atoms with van der Waals surface area (Å²) >= 11 is 0. The molecular formula is C27H25F2N3O6. The number of nitrogens with zero attached hydrogens (tertiary/aromatic N) is 2.